The van der Waals surface area contributed by atoms with Crippen LogP contribution in [0.5, 0.6) is 0 Å². The van der Waals surface area contributed by atoms with Gasteiger partial charge in [0.1, 0.15) is 5.82 Å². The molecule has 0 saturated carbocycles. The Kier molecular flexibility index (Phi) is 6.59. The number of rotatable bonds is 5. The average molecular weight is 460 g/mol. The molecule has 180 valence electrons. The first-order chi connectivity index (χ1) is 16.5. The van der Waals surface area contributed by atoms with E-state index in [1.807, 2.05) is 0 Å². The molecule has 2 aromatic carbocycles. The van der Waals surface area contributed by atoms with Gasteiger partial charge in [0, 0.05) is 45.0 Å². The third-order valence-corrected chi connectivity index (χ3v) is 7.78. The summed E-state index contributed by atoms with van der Waals surface area (Å²) in [4.78, 5) is 25.3. The number of anilines is 1. The maximum atomic E-state index is 13.4. The summed E-state index contributed by atoms with van der Waals surface area (Å²) in [6.45, 7) is 13.6. The van der Waals surface area contributed by atoms with Crippen molar-refractivity contribution in [1.82, 2.24) is 19.4 Å². The second-order valence-electron chi connectivity index (χ2n) is 9.87. The van der Waals surface area contributed by atoms with E-state index < -0.39 is 0 Å². The molecule has 0 unspecified atom stereocenters. The van der Waals surface area contributed by atoms with Gasteiger partial charge in [0.15, 0.2) is 0 Å². The number of amides is 1. The monoisotopic (exact) mass is 459 g/mol. The first-order valence-electron chi connectivity index (χ1n) is 12.8. The van der Waals surface area contributed by atoms with Crippen LogP contribution in [-0.4, -0.2) is 64.5 Å². The highest BCUT2D eigenvalue weighted by molar-refractivity contribution is 5.79. The van der Waals surface area contributed by atoms with E-state index in [1.54, 1.807) is 0 Å². The molecule has 3 aromatic rings. The van der Waals surface area contributed by atoms with Gasteiger partial charge in [0.2, 0.25) is 5.91 Å². The zero-order valence-electron chi connectivity index (χ0n) is 20.8. The van der Waals surface area contributed by atoms with Gasteiger partial charge in [0.25, 0.3) is 0 Å². The number of aryl methyl sites for hydroxylation is 2. The molecule has 3 heterocycles. The normalized spacial score (nSPS) is 19.7. The second kappa shape index (κ2) is 9.79. The van der Waals surface area contributed by atoms with Crippen LogP contribution in [0.1, 0.15) is 36.7 Å². The summed E-state index contributed by atoms with van der Waals surface area (Å²) in [5.41, 5.74) is 6.25. The maximum absolute atomic E-state index is 13.4. The summed E-state index contributed by atoms with van der Waals surface area (Å²) in [6, 6.07) is 14.9. The lowest BCUT2D eigenvalue weighted by Gasteiger charge is -2.40. The van der Waals surface area contributed by atoms with Crippen molar-refractivity contribution in [3.8, 4) is 0 Å². The Labute approximate surface area is 203 Å². The Morgan fingerprint density at radius 1 is 1.00 bits per heavy atom. The Morgan fingerprint density at radius 3 is 2.59 bits per heavy atom. The van der Waals surface area contributed by atoms with Crippen LogP contribution in [0.3, 0.4) is 0 Å². The van der Waals surface area contributed by atoms with Gasteiger partial charge in [-0.2, -0.15) is 0 Å². The molecule has 0 spiro atoms. The topological polar surface area (TPSA) is 44.6 Å². The van der Waals surface area contributed by atoms with Crippen LogP contribution in [0.2, 0.25) is 0 Å². The number of carbonyl (C=O) groups is 1. The number of para-hydroxylation sites is 2. The minimum absolute atomic E-state index is 0.0976. The SMILES string of the molecule is CCn1c(CN2CCC[C@H](C(=O)N3CCN(c4cccc(C)c4C)CC3)C2)nc2ccccc21. The quantitative estimate of drug-likeness (QED) is 0.573. The van der Waals surface area contributed by atoms with E-state index in [0.29, 0.717) is 5.91 Å². The van der Waals surface area contributed by atoms with E-state index in [0.717, 1.165) is 76.5 Å². The highest BCUT2D eigenvalue weighted by atomic mass is 16.2. The highest BCUT2D eigenvalue weighted by Gasteiger charge is 2.31. The largest absolute Gasteiger partial charge is 0.368 e. The molecular weight excluding hydrogens is 422 g/mol. The van der Waals surface area contributed by atoms with Gasteiger partial charge in [-0.05, 0) is 69.5 Å². The molecule has 2 fully saturated rings. The van der Waals surface area contributed by atoms with Crippen molar-refractivity contribution in [3.05, 3.63) is 59.4 Å². The van der Waals surface area contributed by atoms with Gasteiger partial charge < -0.3 is 14.4 Å². The van der Waals surface area contributed by atoms with Gasteiger partial charge in [-0.15, -0.1) is 0 Å². The fourth-order valence-corrected chi connectivity index (χ4v) is 5.70. The molecule has 1 aromatic heterocycles. The van der Waals surface area contributed by atoms with Crippen LogP contribution in [-0.2, 0) is 17.9 Å². The minimum atomic E-state index is 0.0976. The fraction of sp³-hybridized carbons (Fsp3) is 0.500. The van der Waals surface area contributed by atoms with Crippen LogP contribution in [0.15, 0.2) is 42.5 Å². The third-order valence-electron chi connectivity index (χ3n) is 7.78. The van der Waals surface area contributed by atoms with Crippen molar-refractivity contribution in [3.63, 3.8) is 0 Å². The number of hydrogen-bond acceptors (Lipinski definition) is 4. The number of piperidine rings is 1. The zero-order valence-corrected chi connectivity index (χ0v) is 20.8. The molecular formula is C28H37N5O. The van der Waals surface area contributed by atoms with Gasteiger partial charge in [0.05, 0.1) is 23.5 Å². The molecule has 1 amide bonds. The predicted octanol–water partition coefficient (Wildman–Crippen LogP) is 4.23. The van der Waals surface area contributed by atoms with Gasteiger partial charge in [-0.1, -0.05) is 24.3 Å². The van der Waals surface area contributed by atoms with Gasteiger partial charge in [-0.25, -0.2) is 4.98 Å². The number of likely N-dealkylation sites (tertiary alicyclic amines) is 1. The van der Waals surface area contributed by atoms with Gasteiger partial charge >= 0.3 is 0 Å². The van der Waals surface area contributed by atoms with Crippen molar-refractivity contribution in [2.75, 3.05) is 44.2 Å². The molecule has 6 heteroatoms. The minimum Gasteiger partial charge on any atom is -0.368 e. The standard InChI is InChI=1S/C28H37N5O/c1-4-33-26-12-6-5-11-24(26)29-27(33)20-30-14-8-10-23(19-30)28(34)32-17-15-31(16-18-32)25-13-7-9-21(2)22(25)3/h5-7,9,11-13,23H,4,8,10,14-20H2,1-3H3/t23-/m0/s1. The number of nitrogens with zero attached hydrogens (tertiary/aromatic N) is 5. The summed E-state index contributed by atoms with van der Waals surface area (Å²) in [7, 11) is 0. The first-order valence-corrected chi connectivity index (χ1v) is 12.8. The number of aromatic nitrogens is 2. The second-order valence-corrected chi connectivity index (χ2v) is 9.87. The number of piperazine rings is 1. The van der Waals surface area contributed by atoms with E-state index >= 15 is 0 Å². The summed E-state index contributed by atoms with van der Waals surface area (Å²) < 4.78 is 2.31. The molecule has 6 nitrogen and oxygen atoms in total. The predicted molar refractivity (Wildman–Crippen MR) is 138 cm³/mol. The molecule has 0 N–H and O–H groups in total. The lowest BCUT2D eigenvalue weighted by Crippen LogP contribution is -2.52. The van der Waals surface area contributed by atoms with E-state index in [-0.39, 0.29) is 5.92 Å². The van der Waals surface area contributed by atoms with Gasteiger partial charge in [-0.3, -0.25) is 9.69 Å². The lowest BCUT2D eigenvalue weighted by molar-refractivity contribution is -0.137. The van der Waals surface area contributed by atoms with Crippen molar-refractivity contribution in [2.45, 2.75) is 46.7 Å². The Balaban J connectivity index is 1.21. The smallest absolute Gasteiger partial charge is 0.227 e. The highest BCUT2D eigenvalue weighted by Crippen LogP contribution is 2.26. The average Bonchev–Trinajstić information content (AvgIpc) is 3.22. The van der Waals surface area contributed by atoms with Crippen molar-refractivity contribution < 1.29 is 4.79 Å². The van der Waals surface area contributed by atoms with Crippen LogP contribution >= 0.6 is 0 Å². The van der Waals surface area contributed by atoms with Crippen LogP contribution < -0.4 is 4.90 Å². The molecule has 0 aliphatic carbocycles. The van der Waals surface area contributed by atoms with E-state index in [9.17, 15) is 4.79 Å². The molecule has 0 bridgehead atoms. The van der Waals surface area contributed by atoms with Crippen LogP contribution in [0.25, 0.3) is 11.0 Å². The molecule has 2 aliphatic heterocycles. The van der Waals surface area contributed by atoms with Crippen molar-refractivity contribution in [2.24, 2.45) is 5.92 Å². The summed E-state index contributed by atoms with van der Waals surface area (Å²) >= 11 is 0. The molecule has 2 aliphatic rings. The van der Waals surface area contributed by atoms with Crippen molar-refractivity contribution in [1.29, 1.82) is 0 Å². The van der Waals surface area contributed by atoms with E-state index in [4.69, 9.17) is 4.98 Å². The van der Waals surface area contributed by atoms with E-state index in [1.165, 1.54) is 22.3 Å². The lowest BCUT2D eigenvalue weighted by atomic mass is 9.96. The number of benzene rings is 2. The summed E-state index contributed by atoms with van der Waals surface area (Å²) in [5, 5.41) is 0. The Hall–Kier alpha value is -2.86. The maximum Gasteiger partial charge on any atom is 0.227 e. The molecule has 5 rings (SSSR count). The number of imidazole rings is 1. The Morgan fingerprint density at radius 2 is 1.79 bits per heavy atom. The molecule has 34 heavy (non-hydrogen) atoms. The number of carbonyl (C=O) groups excluding carboxylic acids is 1. The van der Waals surface area contributed by atoms with Crippen LogP contribution in [0, 0.1) is 19.8 Å². The summed E-state index contributed by atoms with van der Waals surface area (Å²) in [5.74, 6) is 1.55. The number of hydrogen-bond donors (Lipinski definition) is 0. The molecule has 0 radical (unpaired) electrons. The fourth-order valence-electron chi connectivity index (χ4n) is 5.70. The molecule has 2 saturated heterocycles. The summed E-state index contributed by atoms with van der Waals surface area (Å²) in [6.07, 6.45) is 2.07. The number of fused-ring (bicyclic) bond motifs is 1. The Bertz CT molecular complexity index is 1160. The third kappa shape index (κ3) is 4.43. The first kappa shape index (κ1) is 22.9. The molecule has 1 atom stereocenters. The van der Waals surface area contributed by atoms with E-state index in [2.05, 4.69) is 82.5 Å². The van der Waals surface area contributed by atoms with Crippen LogP contribution in [0.4, 0.5) is 5.69 Å². The van der Waals surface area contributed by atoms with Crippen molar-refractivity contribution >= 4 is 22.6 Å². The zero-order chi connectivity index (χ0) is 23.7.